The summed E-state index contributed by atoms with van der Waals surface area (Å²) in [6.07, 6.45) is 1.26. The Morgan fingerprint density at radius 1 is 1.22 bits per heavy atom. The monoisotopic (exact) mass is 310 g/mol. The van der Waals surface area contributed by atoms with Crippen molar-refractivity contribution in [1.82, 2.24) is 5.32 Å². The maximum absolute atomic E-state index is 12.0. The summed E-state index contributed by atoms with van der Waals surface area (Å²) in [6.45, 7) is 3.61. The van der Waals surface area contributed by atoms with Gasteiger partial charge in [0.15, 0.2) is 0 Å². The number of phenolic OH excluding ortho intramolecular Hbond substituents is 1. The van der Waals surface area contributed by atoms with E-state index in [1.54, 1.807) is 18.2 Å². The van der Waals surface area contributed by atoms with E-state index in [1.165, 1.54) is 11.3 Å². The number of phenols is 1. The van der Waals surface area contributed by atoms with Crippen LogP contribution in [-0.2, 0) is 17.6 Å². The zero-order chi connectivity index (χ0) is 16.2. The number of hydrogen-bond donors (Lipinski definition) is 2. The highest BCUT2D eigenvalue weighted by Crippen LogP contribution is 2.31. The Kier molecular flexibility index (Phi) is 4.51. The summed E-state index contributed by atoms with van der Waals surface area (Å²) >= 11 is 0. The molecule has 0 saturated carbocycles. The van der Waals surface area contributed by atoms with Gasteiger partial charge in [0.2, 0.25) is 5.91 Å². The summed E-state index contributed by atoms with van der Waals surface area (Å²) in [4.78, 5) is 14.4. The lowest BCUT2D eigenvalue weighted by Gasteiger charge is -2.25. The number of carbonyl (C=O) groups is 1. The molecule has 1 aliphatic heterocycles. The summed E-state index contributed by atoms with van der Waals surface area (Å²) in [5.41, 5.74) is 3.31. The third-order valence-corrected chi connectivity index (χ3v) is 4.37. The summed E-state index contributed by atoms with van der Waals surface area (Å²) in [6, 6.07) is 15.9. The van der Waals surface area contributed by atoms with Crippen LogP contribution < -0.4 is 10.2 Å². The molecule has 0 aliphatic carbocycles. The van der Waals surface area contributed by atoms with E-state index in [9.17, 15) is 9.90 Å². The molecule has 120 valence electrons. The predicted octanol–water partition coefficient (Wildman–Crippen LogP) is 2.50. The molecular weight excluding hydrogens is 288 g/mol. The van der Waals surface area contributed by atoms with Gasteiger partial charge >= 0.3 is 0 Å². The number of benzene rings is 2. The van der Waals surface area contributed by atoms with Crippen molar-refractivity contribution in [3.8, 4) is 5.75 Å². The standard InChI is InChI=1S/C19H22N2O2/c1-14-12-15-6-2-4-8-17(15)21(14)11-10-20-19(23)13-16-7-3-5-9-18(16)22/h2-9,14,22H,10-13H2,1H3,(H,20,23). The van der Waals surface area contributed by atoms with Gasteiger partial charge in [-0.05, 0) is 31.0 Å². The Bertz CT molecular complexity index is 699. The number of nitrogens with one attached hydrogen (secondary N) is 1. The van der Waals surface area contributed by atoms with Crippen LogP contribution in [-0.4, -0.2) is 30.1 Å². The van der Waals surface area contributed by atoms with Crippen molar-refractivity contribution in [1.29, 1.82) is 0 Å². The van der Waals surface area contributed by atoms with Gasteiger partial charge < -0.3 is 15.3 Å². The molecule has 0 saturated heterocycles. The minimum absolute atomic E-state index is 0.0633. The maximum Gasteiger partial charge on any atom is 0.224 e. The Morgan fingerprint density at radius 2 is 1.96 bits per heavy atom. The number of nitrogens with zero attached hydrogens (tertiary/aromatic N) is 1. The second-order valence-electron chi connectivity index (χ2n) is 6.03. The summed E-state index contributed by atoms with van der Waals surface area (Å²) in [5.74, 6) is 0.108. The zero-order valence-corrected chi connectivity index (χ0v) is 13.3. The molecule has 3 rings (SSSR count). The molecule has 1 amide bonds. The molecule has 0 aromatic heterocycles. The summed E-state index contributed by atoms with van der Waals surface area (Å²) in [7, 11) is 0. The average molecular weight is 310 g/mol. The number of aromatic hydroxyl groups is 1. The number of para-hydroxylation sites is 2. The van der Waals surface area contributed by atoms with E-state index < -0.39 is 0 Å². The first-order valence-electron chi connectivity index (χ1n) is 8.03. The topological polar surface area (TPSA) is 52.6 Å². The van der Waals surface area contributed by atoms with E-state index in [1.807, 2.05) is 6.07 Å². The molecule has 2 aromatic rings. The van der Waals surface area contributed by atoms with Crippen molar-refractivity contribution in [3.63, 3.8) is 0 Å². The van der Waals surface area contributed by atoms with Crippen LogP contribution in [0.5, 0.6) is 5.75 Å². The molecule has 2 N–H and O–H groups in total. The Hall–Kier alpha value is -2.49. The van der Waals surface area contributed by atoms with E-state index in [0.29, 0.717) is 18.2 Å². The van der Waals surface area contributed by atoms with E-state index >= 15 is 0 Å². The third-order valence-electron chi connectivity index (χ3n) is 4.37. The predicted molar refractivity (Wildman–Crippen MR) is 91.8 cm³/mol. The highest BCUT2D eigenvalue weighted by molar-refractivity contribution is 5.79. The molecule has 4 heteroatoms. The van der Waals surface area contributed by atoms with Gasteiger partial charge in [-0.2, -0.15) is 0 Å². The van der Waals surface area contributed by atoms with Crippen molar-refractivity contribution in [3.05, 3.63) is 59.7 Å². The van der Waals surface area contributed by atoms with Gasteiger partial charge in [-0.1, -0.05) is 36.4 Å². The molecule has 4 nitrogen and oxygen atoms in total. The highest BCUT2D eigenvalue weighted by atomic mass is 16.3. The normalized spacial score (nSPS) is 16.2. The molecule has 0 spiro atoms. The molecule has 1 aliphatic rings. The van der Waals surface area contributed by atoms with Crippen molar-refractivity contribution < 1.29 is 9.90 Å². The lowest BCUT2D eigenvalue weighted by molar-refractivity contribution is -0.120. The van der Waals surface area contributed by atoms with Crippen LogP contribution >= 0.6 is 0 Å². The van der Waals surface area contributed by atoms with E-state index in [0.717, 1.165) is 13.0 Å². The summed E-state index contributed by atoms with van der Waals surface area (Å²) < 4.78 is 0. The van der Waals surface area contributed by atoms with Crippen molar-refractivity contribution in [2.24, 2.45) is 0 Å². The Balaban J connectivity index is 1.52. The van der Waals surface area contributed by atoms with Gasteiger partial charge in [0.25, 0.3) is 0 Å². The van der Waals surface area contributed by atoms with Crippen LogP contribution in [0.4, 0.5) is 5.69 Å². The van der Waals surface area contributed by atoms with E-state index in [-0.39, 0.29) is 18.1 Å². The molecule has 1 atom stereocenters. The lowest BCUT2D eigenvalue weighted by atomic mass is 10.1. The molecule has 0 radical (unpaired) electrons. The maximum atomic E-state index is 12.0. The molecular formula is C19H22N2O2. The molecule has 0 bridgehead atoms. The van der Waals surface area contributed by atoms with Crippen molar-refractivity contribution >= 4 is 11.6 Å². The van der Waals surface area contributed by atoms with Crippen LogP contribution in [0.2, 0.25) is 0 Å². The smallest absolute Gasteiger partial charge is 0.224 e. The fraction of sp³-hybridized carbons (Fsp3) is 0.316. The molecule has 1 heterocycles. The van der Waals surface area contributed by atoms with Gasteiger partial charge in [-0.3, -0.25) is 4.79 Å². The van der Waals surface area contributed by atoms with Crippen molar-refractivity contribution in [2.75, 3.05) is 18.0 Å². The Labute approximate surface area is 136 Å². The second-order valence-corrected chi connectivity index (χ2v) is 6.03. The van der Waals surface area contributed by atoms with Crippen molar-refractivity contribution in [2.45, 2.75) is 25.8 Å². The van der Waals surface area contributed by atoms with Crippen LogP contribution in [0.3, 0.4) is 0 Å². The van der Waals surface area contributed by atoms with Gasteiger partial charge in [-0.15, -0.1) is 0 Å². The number of rotatable bonds is 5. The van der Waals surface area contributed by atoms with Gasteiger partial charge in [-0.25, -0.2) is 0 Å². The third kappa shape index (κ3) is 3.47. The van der Waals surface area contributed by atoms with E-state index in [2.05, 4.69) is 41.4 Å². The minimum atomic E-state index is -0.0633. The fourth-order valence-electron chi connectivity index (χ4n) is 3.18. The quantitative estimate of drug-likeness (QED) is 0.892. The SMILES string of the molecule is CC1Cc2ccccc2N1CCNC(=O)Cc1ccccc1O. The molecule has 2 aromatic carbocycles. The van der Waals surface area contributed by atoms with Gasteiger partial charge in [0, 0.05) is 30.4 Å². The highest BCUT2D eigenvalue weighted by Gasteiger charge is 2.24. The number of fused-ring (bicyclic) bond motifs is 1. The van der Waals surface area contributed by atoms with Gasteiger partial charge in [0.05, 0.1) is 6.42 Å². The Morgan fingerprint density at radius 3 is 2.78 bits per heavy atom. The molecule has 1 unspecified atom stereocenters. The molecule has 23 heavy (non-hydrogen) atoms. The largest absolute Gasteiger partial charge is 0.508 e. The first kappa shape index (κ1) is 15.4. The molecule has 0 fully saturated rings. The number of hydrogen-bond acceptors (Lipinski definition) is 3. The number of amides is 1. The van der Waals surface area contributed by atoms with Crippen LogP contribution in [0.25, 0.3) is 0 Å². The lowest BCUT2D eigenvalue weighted by Crippen LogP contribution is -2.38. The number of anilines is 1. The van der Waals surface area contributed by atoms with Crippen LogP contribution in [0, 0.1) is 0 Å². The first-order chi connectivity index (χ1) is 11.1. The number of carbonyl (C=O) groups excluding carboxylic acids is 1. The average Bonchev–Trinajstić information content (AvgIpc) is 2.86. The van der Waals surface area contributed by atoms with E-state index in [4.69, 9.17) is 0 Å². The second kappa shape index (κ2) is 6.73. The fourth-order valence-corrected chi connectivity index (χ4v) is 3.18. The minimum Gasteiger partial charge on any atom is -0.508 e. The van der Waals surface area contributed by atoms with Gasteiger partial charge in [0.1, 0.15) is 5.75 Å². The first-order valence-corrected chi connectivity index (χ1v) is 8.03. The summed E-state index contributed by atoms with van der Waals surface area (Å²) in [5, 5.41) is 12.7. The van der Waals surface area contributed by atoms with Crippen LogP contribution in [0.1, 0.15) is 18.1 Å². The zero-order valence-electron chi connectivity index (χ0n) is 13.3. The van der Waals surface area contributed by atoms with Crippen LogP contribution in [0.15, 0.2) is 48.5 Å².